The van der Waals surface area contributed by atoms with Gasteiger partial charge in [0.2, 0.25) is 5.95 Å². The normalized spacial score (nSPS) is 11.6. The Balaban J connectivity index is 1.45. The fraction of sp³-hybridized carbons (Fsp3) is 0.533. The minimum atomic E-state index is -0.484. The summed E-state index contributed by atoms with van der Waals surface area (Å²) in [4.78, 5) is 19.8. The molecule has 2 aromatic carbocycles. The van der Waals surface area contributed by atoms with E-state index < -0.39 is 4.92 Å². The van der Waals surface area contributed by atoms with Gasteiger partial charge in [0.25, 0.3) is 5.69 Å². The minimum absolute atomic E-state index is 0.0519. The van der Waals surface area contributed by atoms with Crippen molar-refractivity contribution in [3.05, 3.63) is 58.1 Å². The van der Waals surface area contributed by atoms with Crippen molar-refractivity contribution in [3.8, 4) is 5.75 Å². The van der Waals surface area contributed by atoms with Crippen LogP contribution in [0.2, 0.25) is 0 Å². The first kappa shape index (κ1) is 28.4. The molecule has 3 rings (SSSR count). The van der Waals surface area contributed by atoms with Gasteiger partial charge in [-0.25, -0.2) is 9.98 Å². The Labute approximate surface area is 220 Å². The molecule has 7 heteroatoms. The molecule has 7 nitrogen and oxygen atoms in total. The predicted octanol–water partition coefficient (Wildman–Crippen LogP) is 8.88. The lowest BCUT2D eigenvalue weighted by Gasteiger charge is -2.07. The number of hydrogen-bond acceptors (Lipinski definition) is 5. The molecule has 0 aliphatic rings. The van der Waals surface area contributed by atoms with E-state index in [1.165, 1.54) is 108 Å². The Kier molecular flexibility index (Phi) is 12.1. The Morgan fingerprint density at radius 3 is 2.11 bits per heavy atom. The quantitative estimate of drug-likeness (QED) is 0.0806. The molecule has 0 fully saturated rings. The zero-order valence-electron chi connectivity index (χ0n) is 22.3. The van der Waals surface area contributed by atoms with Gasteiger partial charge in [0.15, 0.2) is 0 Å². The van der Waals surface area contributed by atoms with Crippen molar-refractivity contribution in [1.82, 2.24) is 9.55 Å². The molecule has 1 heterocycles. The van der Waals surface area contributed by atoms with Gasteiger partial charge in [-0.05, 0) is 24.6 Å². The molecule has 0 aliphatic heterocycles. The molecular formula is C30H42N4O3. The average molecular weight is 507 g/mol. The van der Waals surface area contributed by atoms with Gasteiger partial charge in [-0.2, -0.15) is 0 Å². The second-order valence-electron chi connectivity index (χ2n) is 9.91. The van der Waals surface area contributed by atoms with Gasteiger partial charge in [-0.1, -0.05) is 103 Å². The van der Waals surface area contributed by atoms with Crippen LogP contribution in [0.5, 0.6) is 5.75 Å². The Morgan fingerprint density at radius 1 is 0.892 bits per heavy atom. The number of benzene rings is 2. The van der Waals surface area contributed by atoms with Gasteiger partial charge in [-0.3, -0.25) is 10.1 Å². The summed E-state index contributed by atoms with van der Waals surface area (Å²) in [5.74, 6) is 0.491. The number of fused-ring (bicyclic) bond motifs is 1. The number of aromatic hydroxyl groups is 1. The highest BCUT2D eigenvalue weighted by Gasteiger charge is 2.11. The number of phenolic OH excluding ortho intramolecular Hbond substituents is 1. The lowest BCUT2D eigenvalue weighted by atomic mass is 10.0. The number of phenols is 1. The number of nitrogens with zero attached hydrogens (tertiary/aromatic N) is 4. The largest absolute Gasteiger partial charge is 0.507 e. The van der Waals surface area contributed by atoms with Crippen molar-refractivity contribution in [2.45, 2.75) is 103 Å². The lowest BCUT2D eigenvalue weighted by Crippen LogP contribution is -1.98. The monoisotopic (exact) mass is 506 g/mol. The molecular weight excluding hydrogens is 464 g/mol. The topological polar surface area (TPSA) is 93.5 Å². The summed E-state index contributed by atoms with van der Waals surface area (Å²) >= 11 is 0. The summed E-state index contributed by atoms with van der Waals surface area (Å²) in [5, 5.41) is 21.2. The number of unbranched alkanes of at least 4 members (excludes halogenated alkanes) is 13. The van der Waals surface area contributed by atoms with E-state index >= 15 is 0 Å². The molecule has 37 heavy (non-hydrogen) atoms. The predicted molar refractivity (Wildman–Crippen MR) is 152 cm³/mol. The SMILES string of the molecule is CCCCCCCCCCCCCCCCn1c(/N=C/c2cc([N+](=O)[O-])ccc2O)nc2ccccc21. The third kappa shape index (κ3) is 9.30. The zero-order valence-corrected chi connectivity index (χ0v) is 22.3. The van der Waals surface area contributed by atoms with Gasteiger partial charge in [0.1, 0.15) is 5.75 Å². The highest BCUT2D eigenvalue weighted by Crippen LogP contribution is 2.25. The van der Waals surface area contributed by atoms with E-state index in [0.717, 1.165) is 24.0 Å². The first-order chi connectivity index (χ1) is 18.1. The third-order valence-corrected chi connectivity index (χ3v) is 6.91. The summed E-state index contributed by atoms with van der Waals surface area (Å²) in [6.07, 6.45) is 19.9. The van der Waals surface area contributed by atoms with Gasteiger partial charge in [0.05, 0.1) is 16.0 Å². The standard InChI is InChI=1S/C30H42N4O3/c1-2-3-4-5-6-7-8-9-10-11-12-13-14-17-22-33-28-19-16-15-18-27(28)32-30(33)31-24-25-23-26(34(36)37)20-21-29(25)35/h15-16,18-21,23-24,35H,2-14,17,22H2,1H3/b31-24+. The van der Waals surface area contributed by atoms with E-state index in [4.69, 9.17) is 0 Å². The van der Waals surface area contributed by atoms with Crippen LogP contribution in [0.4, 0.5) is 11.6 Å². The van der Waals surface area contributed by atoms with Crippen molar-refractivity contribution in [2.75, 3.05) is 0 Å². The number of imidazole rings is 1. The van der Waals surface area contributed by atoms with Crippen LogP contribution in [-0.4, -0.2) is 25.8 Å². The number of para-hydroxylation sites is 2. The van der Waals surface area contributed by atoms with Crippen molar-refractivity contribution >= 4 is 28.9 Å². The van der Waals surface area contributed by atoms with Crippen LogP contribution in [0.3, 0.4) is 0 Å². The van der Waals surface area contributed by atoms with E-state index in [9.17, 15) is 15.2 Å². The lowest BCUT2D eigenvalue weighted by molar-refractivity contribution is -0.384. The average Bonchev–Trinajstić information content (AvgIpc) is 3.25. The molecule has 0 saturated heterocycles. The maximum Gasteiger partial charge on any atom is 0.270 e. The summed E-state index contributed by atoms with van der Waals surface area (Å²) in [6.45, 7) is 3.08. The first-order valence-electron chi connectivity index (χ1n) is 14.1. The molecule has 0 amide bonds. The molecule has 3 aromatic rings. The summed E-state index contributed by atoms with van der Waals surface area (Å²) in [5.41, 5.74) is 2.09. The number of hydrogen-bond donors (Lipinski definition) is 1. The molecule has 0 bridgehead atoms. The second-order valence-corrected chi connectivity index (χ2v) is 9.91. The number of nitro groups is 1. The third-order valence-electron chi connectivity index (χ3n) is 6.91. The highest BCUT2D eigenvalue weighted by molar-refractivity contribution is 5.87. The molecule has 0 radical (unpaired) electrons. The molecule has 0 aliphatic carbocycles. The van der Waals surface area contributed by atoms with Crippen LogP contribution >= 0.6 is 0 Å². The van der Waals surface area contributed by atoms with E-state index in [1.807, 2.05) is 24.3 Å². The molecule has 1 N–H and O–H groups in total. The van der Waals surface area contributed by atoms with Gasteiger partial charge >= 0.3 is 0 Å². The molecule has 0 unspecified atom stereocenters. The Morgan fingerprint density at radius 2 is 1.49 bits per heavy atom. The van der Waals surface area contributed by atoms with Crippen LogP contribution in [0.1, 0.15) is 102 Å². The maximum atomic E-state index is 11.1. The van der Waals surface area contributed by atoms with Crippen LogP contribution in [0, 0.1) is 10.1 Å². The smallest absolute Gasteiger partial charge is 0.270 e. The Hall–Kier alpha value is -3.22. The number of aromatic nitrogens is 2. The highest BCUT2D eigenvalue weighted by atomic mass is 16.6. The van der Waals surface area contributed by atoms with Gasteiger partial charge in [-0.15, -0.1) is 0 Å². The maximum absolute atomic E-state index is 11.1. The van der Waals surface area contributed by atoms with E-state index in [-0.39, 0.29) is 11.4 Å². The summed E-state index contributed by atoms with van der Waals surface area (Å²) in [7, 11) is 0. The molecule has 0 spiro atoms. The van der Waals surface area contributed by atoms with Crippen molar-refractivity contribution in [3.63, 3.8) is 0 Å². The van der Waals surface area contributed by atoms with Gasteiger partial charge < -0.3 is 9.67 Å². The van der Waals surface area contributed by atoms with Crippen LogP contribution in [0.15, 0.2) is 47.5 Å². The summed E-state index contributed by atoms with van der Waals surface area (Å²) < 4.78 is 2.10. The van der Waals surface area contributed by atoms with Crippen LogP contribution in [0.25, 0.3) is 11.0 Å². The van der Waals surface area contributed by atoms with Crippen molar-refractivity contribution < 1.29 is 10.0 Å². The van der Waals surface area contributed by atoms with Crippen LogP contribution in [-0.2, 0) is 6.54 Å². The van der Waals surface area contributed by atoms with E-state index in [0.29, 0.717) is 11.5 Å². The number of aryl methyl sites for hydroxylation is 1. The Bertz CT molecular complexity index is 1140. The van der Waals surface area contributed by atoms with Crippen molar-refractivity contribution in [1.29, 1.82) is 0 Å². The summed E-state index contributed by atoms with van der Waals surface area (Å²) in [6, 6.07) is 11.8. The van der Waals surface area contributed by atoms with E-state index in [2.05, 4.69) is 21.5 Å². The molecule has 1 aromatic heterocycles. The fourth-order valence-corrected chi connectivity index (χ4v) is 4.73. The molecule has 200 valence electrons. The van der Waals surface area contributed by atoms with Gasteiger partial charge in [0, 0.05) is 30.5 Å². The number of aliphatic imine (C=N–C) groups is 1. The molecule has 0 atom stereocenters. The minimum Gasteiger partial charge on any atom is -0.507 e. The van der Waals surface area contributed by atoms with Crippen molar-refractivity contribution in [2.24, 2.45) is 4.99 Å². The number of non-ortho nitro benzene ring substituents is 1. The number of nitro benzene ring substituents is 1. The first-order valence-corrected chi connectivity index (χ1v) is 14.1. The van der Waals surface area contributed by atoms with E-state index in [1.54, 1.807) is 0 Å². The second kappa shape index (κ2) is 15.8. The molecule has 0 saturated carbocycles. The fourth-order valence-electron chi connectivity index (χ4n) is 4.73. The number of rotatable bonds is 18. The van der Waals surface area contributed by atoms with Crippen LogP contribution < -0.4 is 0 Å². The zero-order chi connectivity index (χ0) is 26.3.